The summed E-state index contributed by atoms with van der Waals surface area (Å²) in [6, 6.07) is 11.7. The molecule has 2 heterocycles. The molecule has 0 bridgehead atoms. The van der Waals surface area contributed by atoms with Gasteiger partial charge in [0.05, 0.1) is 18.4 Å². The van der Waals surface area contributed by atoms with Gasteiger partial charge in [-0.1, -0.05) is 18.2 Å². The molecule has 0 radical (unpaired) electrons. The van der Waals surface area contributed by atoms with Gasteiger partial charge in [0.25, 0.3) is 5.91 Å². The Morgan fingerprint density at radius 3 is 2.67 bits per heavy atom. The van der Waals surface area contributed by atoms with Crippen LogP contribution in [0.4, 0.5) is 5.69 Å². The minimum atomic E-state index is -0.298. The molecule has 5 rings (SSSR count). The third kappa shape index (κ3) is 4.56. The molecule has 7 heteroatoms. The highest BCUT2D eigenvalue weighted by Crippen LogP contribution is 2.31. The number of hydrogen-bond donors (Lipinski definition) is 2. The van der Waals surface area contributed by atoms with E-state index in [9.17, 15) is 9.59 Å². The molecular formula is C29H29N3O4. The molecular weight excluding hydrogens is 454 g/mol. The van der Waals surface area contributed by atoms with Gasteiger partial charge in [-0.15, -0.1) is 0 Å². The lowest BCUT2D eigenvalue weighted by molar-refractivity contribution is -0.120. The summed E-state index contributed by atoms with van der Waals surface area (Å²) < 4.78 is 11.7. The Labute approximate surface area is 209 Å². The summed E-state index contributed by atoms with van der Waals surface area (Å²) in [4.78, 5) is 25.7. The molecule has 0 aliphatic heterocycles. The number of fused-ring (bicyclic) bond motifs is 2. The van der Waals surface area contributed by atoms with Crippen LogP contribution in [-0.4, -0.2) is 17.5 Å². The lowest BCUT2D eigenvalue weighted by Gasteiger charge is -2.13. The van der Waals surface area contributed by atoms with Crippen molar-refractivity contribution in [2.24, 2.45) is 5.10 Å². The summed E-state index contributed by atoms with van der Waals surface area (Å²) in [6.07, 6.45) is 4.05. The summed E-state index contributed by atoms with van der Waals surface area (Å²) in [5.41, 5.74) is 10.6. The maximum absolute atomic E-state index is 12.9. The molecule has 36 heavy (non-hydrogen) atoms. The van der Waals surface area contributed by atoms with Gasteiger partial charge < -0.3 is 14.2 Å². The zero-order chi connectivity index (χ0) is 25.4. The van der Waals surface area contributed by atoms with Crippen molar-refractivity contribution in [2.75, 3.05) is 5.32 Å². The van der Waals surface area contributed by atoms with Crippen molar-refractivity contribution in [3.05, 3.63) is 87.6 Å². The van der Waals surface area contributed by atoms with E-state index >= 15 is 0 Å². The standard InChI is InChI=1S/C29H29N3O4/c1-16-7-5-8-21(12-16)30-29(34)28-19(4)27-22(9-6-10-23(27)36-28)31-32-25(33)14-20-15-35-24-13-17(2)11-18(3)26(20)24/h5,7-8,11-13,15H,6,9-10,14H2,1-4H3,(H,30,34)(H,32,33)/b31-22+. The predicted octanol–water partition coefficient (Wildman–Crippen LogP) is 5.91. The Kier molecular flexibility index (Phi) is 6.22. The molecule has 2 N–H and O–H groups in total. The highest BCUT2D eigenvalue weighted by atomic mass is 16.4. The number of benzene rings is 2. The molecule has 184 valence electrons. The second kappa shape index (κ2) is 9.49. The van der Waals surface area contributed by atoms with E-state index in [0.29, 0.717) is 12.1 Å². The van der Waals surface area contributed by atoms with E-state index < -0.39 is 0 Å². The number of carbonyl (C=O) groups is 2. The van der Waals surface area contributed by atoms with Gasteiger partial charge in [-0.2, -0.15) is 5.10 Å². The van der Waals surface area contributed by atoms with E-state index in [4.69, 9.17) is 8.83 Å². The van der Waals surface area contributed by atoms with E-state index in [1.165, 1.54) is 0 Å². The zero-order valence-corrected chi connectivity index (χ0v) is 21.0. The van der Waals surface area contributed by atoms with Gasteiger partial charge >= 0.3 is 0 Å². The van der Waals surface area contributed by atoms with E-state index in [-0.39, 0.29) is 24.0 Å². The molecule has 2 aromatic carbocycles. The van der Waals surface area contributed by atoms with Crippen LogP contribution in [0.3, 0.4) is 0 Å². The van der Waals surface area contributed by atoms with Crippen molar-refractivity contribution in [3.63, 3.8) is 0 Å². The van der Waals surface area contributed by atoms with Crippen molar-refractivity contribution in [1.29, 1.82) is 0 Å². The van der Waals surface area contributed by atoms with Crippen molar-refractivity contribution < 1.29 is 18.4 Å². The van der Waals surface area contributed by atoms with Gasteiger partial charge in [-0.25, -0.2) is 5.43 Å². The number of furan rings is 2. The number of rotatable bonds is 5. The fraction of sp³-hybridized carbons (Fsp3) is 0.276. The van der Waals surface area contributed by atoms with Crippen LogP contribution in [0.2, 0.25) is 0 Å². The summed E-state index contributed by atoms with van der Waals surface area (Å²) in [5, 5.41) is 8.33. The number of nitrogens with zero attached hydrogens (tertiary/aromatic N) is 1. The Bertz CT molecular complexity index is 1520. The third-order valence-electron chi connectivity index (χ3n) is 6.57. The van der Waals surface area contributed by atoms with Gasteiger partial charge in [0.2, 0.25) is 5.91 Å². The summed E-state index contributed by atoms with van der Waals surface area (Å²) in [7, 11) is 0. The molecule has 1 aliphatic rings. The number of hydrogen-bond acceptors (Lipinski definition) is 5. The molecule has 1 aliphatic carbocycles. The molecule has 0 unspecified atom stereocenters. The Balaban J connectivity index is 1.34. The van der Waals surface area contributed by atoms with Crippen molar-refractivity contribution in [3.8, 4) is 0 Å². The molecule has 0 saturated carbocycles. The maximum Gasteiger partial charge on any atom is 0.291 e. The van der Waals surface area contributed by atoms with Gasteiger partial charge in [0, 0.05) is 34.2 Å². The van der Waals surface area contributed by atoms with Gasteiger partial charge in [-0.05, 0) is 75.4 Å². The molecule has 0 atom stereocenters. The van der Waals surface area contributed by atoms with Gasteiger partial charge in [0.15, 0.2) is 5.76 Å². The smallest absolute Gasteiger partial charge is 0.291 e. The number of carbonyl (C=O) groups excluding carboxylic acids is 2. The zero-order valence-electron chi connectivity index (χ0n) is 21.0. The first-order chi connectivity index (χ1) is 17.3. The van der Waals surface area contributed by atoms with Crippen LogP contribution >= 0.6 is 0 Å². The first-order valence-corrected chi connectivity index (χ1v) is 12.1. The number of amides is 2. The molecule has 0 spiro atoms. The van der Waals surface area contributed by atoms with Crippen LogP contribution in [0.1, 0.15) is 62.5 Å². The van der Waals surface area contributed by atoms with E-state index in [1.807, 2.05) is 58.0 Å². The fourth-order valence-electron chi connectivity index (χ4n) is 5.01. The first kappa shape index (κ1) is 23.6. The summed E-state index contributed by atoms with van der Waals surface area (Å²) in [6.45, 7) is 7.87. The molecule has 7 nitrogen and oxygen atoms in total. The van der Waals surface area contributed by atoms with Crippen LogP contribution in [0.15, 0.2) is 56.6 Å². The summed E-state index contributed by atoms with van der Waals surface area (Å²) >= 11 is 0. The SMILES string of the molecule is Cc1cccc(NC(=O)c2oc3c(c2C)/C(=N/NC(=O)Cc2coc4cc(C)cc(C)c24)CCC3)c1. The maximum atomic E-state index is 12.9. The molecule has 4 aromatic rings. The van der Waals surface area contributed by atoms with Crippen LogP contribution in [-0.2, 0) is 17.6 Å². The van der Waals surface area contributed by atoms with E-state index in [1.54, 1.807) is 6.26 Å². The van der Waals surface area contributed by atoms with E-state index in [0.717, 1.165) is 68.7 Å². The highest BCUT2D eigenvalue weighted by molar-refractivity contribution is 6.09. The van der Waals surface area contributed by atoms with Crippen molar-refractivity contribution in [2.45, 2.75) is 53.4 Å². The van der Waals surface area contributed by atoms with Crippen LogP contribution < -0.4 is 10.7 Å². The lowest BCUT2D eigenvalue weighted by Crippen LogP contribution is -2.23. The second-order valence-electron chi connectivity index (χ2n) is 9.52. The fourth-order valence-corrected chi connectivity index (χ4v) is 5.01. The minimum absolute atomic E-state index is 0.162. The Hall–Kier alpha value is -4.13. The average Bonchev–Trinajstić information content (AvgIpc) is 3.39. The van der Waals surface area contributed by atoms with E-state index in [2.05, 4.69) is 21.9 Å². The summed E-state index contributed by atoms with van der Waals surface area (Å²) in [5.74, 6) is 0.482. The molecule has 2 aromatic heterocycles. The topological polar surface area (TPSA) is 96.8 Å². The number of nitrogens with one attached hydrogen (secondary N) is 2. The minimum Gasteiger partial charge on any atom is -0.464 e. The molecule has 2 amide bonds. The van der Waals surface area contributed by atoms with Crippen LogP contribution in [0, 0.1) is 27.7 Å². The quantitative estimate of drug-likeness (QED) is 0.345. The molecule has 0 saturated heterocycles. The number of aryl methyl sites for hydroxylation is 4. The van der Waals surface area contributed by atoms with Crippen molar-refractivity contribution in [1.82, 2.24) is 5.43 Å². The third-order valence-corrected chi connectivity index (χ3v) is 6.57. The van der Waals surface area contributed by atoms with Crippen LogP contribution in [0.5, 0.6) is 0 Å². The average molecular weight is 484 g/mol. The van der Waals surface area contributed by atoms with Crippen LogP contribution in [0.25, 0.3) is 11.0 Å². The lowest BCUT2D eigenvalue weighted by atomic mass is 9.93. The highest BCUT2D eigenvalue weighted by Gasteiger charge is 2.28. The predicted molar refractivity (Wildman–Crippen MR) is 140 cm³/mol. The second-order valence-corrected chi connectivity index (χ2v) is 9.52. The first-order valence-electron chi connectivity index (χ1n) is 12.1. The largest absolute Gasteiger partial charge is 0.464 e. The van der Waals surface area contributed by atoms with Gasteiger partial charge in [0.1, 0.15) is 11.3 Å². The number of hydrazone groups is 1. The van der Waals surface area contributed by atoms with Gasteiger partial charge in [-0.3, -0.25) is 9.59 Å². The molecule has 0 fully saturated rings. The van der Waals surface area contributed by atoms with Crippen molar-refractivity contribution >= 4 is 34.2 Å². The Morgan fingerprint density at radius 1 is 1.03 bits per heavy atom. The monoisotopic (exact) mass is 483 g/mol. The number of anilines is 1. The Morgan fingerprint density at radius 2 is 1.86 bits per heavy atom. The normalized spacial score (nSPS) is 14.2.